The molecule has 12 heteroatoms. The number of ether oxygens (including phenoxy) is 1. The van der Waals surface area contributed by atoms with Gasteiger partial charge in [0.2, 0.25) is 11.8 Å². The molecule has 154 valence electrons. The van der Waals surface area contributed by atoms with E-state index in [0.29, 0.717) is 5.56 Å². The molecule has 0 bridgehead atoms. The highest BCUT2D eigenvalue weighted by Gasteiger charge is 2.33. The smallest absolute Gasteiger partial charge is 0.422 e. The van der Waals surface area contributed by atoms with Crippen molar-refractivity contribution in [3.8, 4) is 17.3 Å². The fraction of sp³-hybridized carbons (Fsp3) is 0.235. The van der Waals surface area contributed by atoms with E-state index in [4.69, 9.17) is 4.42 Å². The third-order valence-electron chi connectivity index (χ3n) is 3.45. The Bertz CT molecular complexity index is 957. The lowest BCUT2D eigenvalue weighted by Gasteiger charge is -2.11. The topological polar surface area (TPSA) is 61.0 Å². The van der Waals surface area contributed by atoms with E-state index in [1.165, 1.54) is 36.5 Å². The zero-order valence-electron chi connectivity index (χ0n) is 14.3. The number of hydrogen-bond acceptors (Lipinski definition) is 6. The maximum Gasteiger partial charge on any atom is 0.422 e. The molecule has 0 saturated carbocycles. The van der Waals surface area contributed by atoms with Gasteiger partial charge in [-0.2, -0.15) is 26.3 Å². The summed E-state index contributed by atoms with van der Waals surface area (Å²) in [6, 6.07) is 7.73. The van der Waals surface area contributed by atoms with Crippen molar-refractivity contribution in [3.63, 3.8) is 0 Å². The minimum atomic E-state index is -4.48. The van der Waals surface area contributed by atoms with Crippen LogP contribution in [0.1, 0.15) is 11.1 Å². The summed E-state index contributed by atoms with van der Waals surface area (Å²) in [6.07, 6.45) is -7.77. The van der Waals surface area contributed by atoms with Crippen molar-refractivity contribution in [2.24, 2.45) is 0 Å². The molecule has 2 heterocycles. The molecule has 0 fully saturated rings. The van der Waals surface area contributed by atoms with Crippen LogP contribution in [0.5, 0.6) is 5.88 Å². The molecule has 0 aliphatic rings. The number of rotatable bonds is 6. The van der Waals surface area contributed by atoms with Crippen molar-refractivity contribution < 1.29 is 35.5 Å². The number of alkyl halides is 6. The second kappa shape index (κ2) is 8.31. The molecule has 5 nitrogen and oxygen atoms in total. The molecule has 3 aromatic rings. The molecule has 0 aliphatic heterocycles. The minimum absolute atomic E-state index is 0.0199. The molecule has 0 spiro atoms. The maximum atomic E-state index is 13.0. The molecule has 2 aromatic heterocycles. The van der Waals surface area contributed by atoms with Crippen LogP contribution in [0.2, 0.25) is 0 Å². The standard InChI is InChI=1S/C17H11F6N3O2S/c18-16(19,20)9-27-13-6-5-10(7-24-13)14-25-26-15(28-14)29-8-11-3-1-2-4-12(11)17(21,22)23/h1-7H,8-9H2. The van der Waals surface area contributed by atoms with Gasteiger partial charge in [0.05, 0.1) is 11.1 Å². The first-order valence-electron chi connectivity index (χ1n) is 7.89. The van der Waals surface area contributed by atoms with Gasteiger partial charge in [-0.25, -0.2) is 4.98 Å². The van der Waals surface area contributed by atoms with Gasteiger partial charge in [0.1, 0.15) is 0 Å². The summed E-state index contributed by atoms with van der Waals surface area (Å²) in [5.74, 6) is -0.254. The molecule has 29 heavy (non-hydrogen) atoms. The van der Waals surface area contributed by atoms with Crippen LogP contribution < -0.4 is 4.74 Å². The Kier molecular flexibility index (Phi) is 6.01. The summed E-state index contributed by atoms with van der Waals surface area (Å²) in [7, 11) is 0. The van der Waals surface area contributed by atoms with Crippen LogP contribution in [0, 0.1) is 0 Å². The Balaban J connectivity index is 1.64. The average Bonchev–Trinajstić information content (AvgIpc) is 3.13. The van der Waals surface area contributed by atoms with E-state index in [1.807, 2.05) is 0 Å². The lowest BCUT2D eigenvalue weighted by Crippen LogP contribution is -2.19. The Morgan fingerprint density at radius 3 is 2.38 bits per heavy atom. The van der Waals surface area contributed by atoms with Crippen LogP contribution in [0.15, 0.2) is 52.2 Å². The number of aromatic nitrogens is 3. The zero-order chi connectivity index (χ0) is 21.1. The van der Waals surface area contributed by atoms with Crippen molar-refractivity contribution >= 4 is 11.8 Å². The monoisotopic (exact) mass is 435 g/mol. The van der Waals surface area contributed by atoms with Gasteiger partial charge < -0.3 is 9.15 Å². The van der Waals surface area contributed by atoms with Gasteiger partial charge in [-0.05, 0) is 17.7 Å². The van der Waals surface area contributed by atoms with E-state index in [1.54, 1.807) is 0 Å². The van der Waals surface area contributed by atoms with Crippen LogP contribution in [-0.2, 0) is 11.9 Å². The predicted molar refractivity (Wildman–Crippen MR) is 90.1 cm³/mol. The molecule has 0 aliphatic carbocycles. The molecule has 0 radical (unpaired) electrons. The summed E-state index contributed by atoms with van der Waals surface area (Å²) in [5.41, 5.74) is -0.358. The highest BCUT2D eigenvalue weighted by molar-refractivity contribution is 7.98. The third kappa shape index (κ3) is 5.86. The first kappa shape index (κ1) is 21.0. The molecule has 0 unspecified atom stereocenters. The lowest BCUT2D eigenvalue weighted by molar-refractivity contribution is -0.154. The van der Waals surface area contributed by atoms with E-state index in [2.05, 4.69) is 19.9 Å². The lowest BCUT2D eigenvalue weighted by atomic mass is 10.1. The van der Waals surface area contributed by atoms with Gasteiger partial charge in [0, 0.05) is 18.0 Å². The Labute approximate surface area is 164 Å². The van der Waals surface area contributed by atoms with E-state index < -0.39 is 24.5 Å². The van der Waals surface area contributed by atoms with Crippen LogP contribution in [-0.4, -0.2) is 28.0 Å². The van der Waals surface area contributed by atoms with Gasteiger partial charge in [0.15, 0.2) is 6.61 Å². The largest absolute Gasteiger partial charge is 0.468 e. The van der Waals surface area contributed by atoms with Gasteiger partial charge in [0.25, 0.3) is 5.22 Å². The Hall–Kier alpha value is -2.76. The second-order valence-corrected chi connectivity index (χ2v) is 6.53. The highest BCUT2D eigenvalue weighted by atomic mass is 32.2. The summed E-state index contributed by atoms with van der Waals surface area (Å²) in [6.45, 7) is -1.47. The molecule has 0 amide bonds. The van der Waals surface area contributed by atoms with Crippen molar-refractivity contribution in [2.75, 3.05) is 6.61 Å². The van der Waals surface area contributed by atoms with Gasteiger partial charge in [-0.1, -0.05) is 30.0 Å². The average molecular weight is 435 g/mol. The molecular weight excluding hydrogens is 424 g/mol. The van der Waals surface area contributed by atoms with Gasteiger partial charge in [-0.15, -0.1) is 10.2 Å². The molecule has 1 aromatic carbocycles. The molecule has 3 rings (SSSR count). The normalized spacial score (nSPS) is 12.2. The molecule has 0 N–H and O–H groups in total. The number of benzene rings is 1. The highest BCUT2D eigenvalue weighted by Crippen LogP contribution is 2.35. The SMILES string of the molecule is FC(F)(F)COc1ccc(-c2nnc(SCc3ccccc3C(F)(F)F)o2)cn1. The molecule has 0 saturated heterocycles. The number of halogens is 6. The third-order valence-corrected chi connectivity index (χ3v) is 4.31. The summed E-state index contributed by atoms with van der Waals surface area (Å²) in [4.78, 5) is 3.72. The predicted octanol–water partition coefficient (Wildman–Crippen LogP) is 5.38. The van der Waals surface area contributed by atoms with Crippen LogP contribution >= 0.6 is 11.8 Å². The van der Waals surface area contributed by atoms with E-state index in [0.717, 1.165) is 17.8 Å². The summed E-state index contributed by atoms with van der Waals surface area (Å²) < 4.78 is 85.3. The fourth-order valence-corrected chi connectivity index (χ4v) is 2.96. The first-order valence-corrected chi connectivity index (χ1v) is 8.88. The van der Waals surface area contributed by atoms with Crippen LogP contribution in [0.4, 0.5) is 26.3 Å². The number of nitrogens with zero attached hydrogens (tertiary/aromatic N) is 3. The van der Waals surface area contributed by atoms with E-state index in [-0.39, 0.29) is 28.3 Å². The quantitative estimate of drug-likeness (QED) is 0.383. The van der Waals surface area contributed by atoms with Crippen molar-refractivity contribution in [1.82, 2.24) is 15.2 Å². The van der Waals surface area contributed by atoms with Gasteiger partial charge >= 0.3 is 12.4 Å². The number of hydrogen-bond donors (Lipinski definition) is 0. The maximum absolute atomic E-state index is 13.0. The van der Waals surface area contributed by atoms with E-state index >= 15 is 0 Å². The summed E-state index contributed by atoms with van der Waals surface area (Å²) in [5, 5.41) is 7.55. The molecule has 0 atom stereocenters. The van der Waals surface area contributed by atoms with Gasteiger partial charge in [-0.3, -0.25) is 0 Å². The number of pyridine rings is 1. The zero-order valence-corrected chi connectivity index (χ0v) is 15.1. The van der Waals surface area contributed by atoms with Crippen molar-refractivity contribution in [2.45, 2.75) is 23.3 Å². The van der Waals surface area contributed by atoms with Crippen molar-refractivity contribution in [3.05, 3.63) is 53.7 Å². The fourth-order valence-electron chi connectivity index (χ4n) is 2.19. The second-order valence-electron chi connectivity index (χ2n) is 5.61. The summed E-state index contributed by atoms with van der Waals surface area (Å²) >= 11 is 0.923. The first-order chi connectivity index (χ1) is 13.6. The van der Waals surface area contributed by atoms with Crippen molar-refractivity contribution in [1.29, 1.82) is 0 Å². The Morgan fingerprint density at radius 2 is 1.72 bits per heavy atom. The minimum Gasteiger partial charge on any atom is -0.468 e. The number of thioether (sulfide) groups is 1. The molecular formula is C17H11F6N3O2S. The van der Waals surface area contributed by atoms with Crippen LogP contribution in [0.25, 0.3) is 11.5 Å². The Morgan fingerprint density at radius 1 is 0.966 bits per heavy atom. The van der Waals surface area contributed by atoms with Crippen LogP contribution in [0.3, 0.4) is 0 Å². The van der Waals surface area contributed by atoms with E-state index in [9.17, 15) is 26.3 Å².